The van der Waals surface area contributed by atoms with E-state index in [4.69, 9.17) is 4.98 Å². The quantitative estimate of drug-likeness (QED) is 0.244. The number of carbonyl (C=O) groups excluding carboxylic acids is 1. The number of pyridine rings is 2. The van der Waals surface area contributed by atoms with Gasteiger partial charge in [-0.2, -0.15) is 0 Å². The lowest BCUT2D eigenvalue weighted by Gasteiger charge is -2.34. The van der Waals surface area contributed by atoms with Gasteiger partial charge in [-0.05, 0) is 62.2 Å². The summed E-state index contributed by atoms with van der Waals surface area (Å²) in [6, 6.07) is 13.6. The Bertz CT molecular complexity index is 1220. The van der Waals surface area contributed by atoms with E-state index in [1.54, 1.807) is 32.2 Å². The number of aromatic nitrogens is 2. The summed E-state index contributed by atoms with van der Waals surface area (Å²) < 4.78 is 0. The fourth-order valence-electron chi connectivity index (χ4n) is 4.14. The molecule has 8 nitrogen and oxygen atoms in total. The number of fused-ring (bicyclic) bond motifs is 1. The summed E-state index contributed by atoms with van der Waals surface area (Å²) in [6.45, 7) is 9.58. The normalized spacial score (nSPS) is 13.3. The number of likely N-dealkylation sites (N-methyl/N-ethyl adjacent to an activating group) is 1. The third-order valence-corrected chi connectivity index (χ3v) is 5.95. The largest absolute Gasteiger partial charge is 0.384 e. The highest BCUT2D eigenvalue weighted by molar-refractivity contribution is 5.87. The highest BCUT2D eigenvalue weighted by Gasteiger charge is 2.23. The number of carbonyl (C=O) groups is 1. The molecule has 0 aliphatic carbocycles. The zero-order valence-corrected chi connectivity index (χ0v) is 20.5. The number of benzene rings is 1. The zero-order chi connectivity index (χ0) is 25.0. The Balaban J connectivity index is 1.75. The van der Waals surface area contributed by atoms with Crippen LogP contribution in [0.2, 0.25) is 0 Å². The van der Waals surface area contributed by atoms with Crippen molar-refractivity contribution in [1.29, 1.82) is 0 Å². The van der Waals surface area contributed by atoms with Crippen LogP contribution in [-0.2, 0) is 18.6 Å². The molecule has 0 saturated heterocycles. The molecule has 0 spiro atoms. The van der Waals surface area contributed by atoms with Gasteiger partial charge in [0.15, 0.2) is 6.29 Å². The van der Waals surface area contributed by atoms with E-state index in [1.165, 1.54) is 11.1 Å². The van der Waals surface area contributed by atoms with Gasteiger partial charge in [0.1, 0.15) is 17.2 Å². The second kappa shape index (κ2) is 10.4. The van der Waals surface area contributed by atoms with Crippen molar-refractivity contribution in [3.8, 4) is 0 Å². The zero-order valence-electron chi connectivity index (χ0n) is 20.5. The molecule has 1 aliphatic rings. The summed E-state index contributed by atoms with van der Waals surface area (Å²) >= 11 is 0. The maximum atomic E-state index is 12.0. The Kier molecular flexibility index (Phi) is 7.25. The molecule has 3 aromatic rings. The van der Waals surface area contributed by atoms with E-state index in [1.807, 2.05) is 35.3 Å². The Labute approximate surface area is 206 Å². The van der Waals surface area contributed by atoms with Crippen LogP contribution in [0.25, 0.3) is 0 Å². The first-order valence-corrected chi connectivity index (χ1v) is 11.7. The Morgan fingerprint density at radius 3 is 2.80 bits per heavy atom. The first kappa shape index (κ1) is 24.5. The molecular formula is C27H32N6O2. The number of nitrogens with one attached hydrogen (secondary N) is 2. The van der Waals surface area contributed by atoms with Gasteiger partial charge in [-0.1, -0.05) is 18.2 Å². The minimum Gasteiger partial charge on any atom is -0.384 e. The number of nitrogens with zero attached hydrogens (tertiary/aromatic N) is 4. The Hall–Kier alpha value is -3.59. The summed E-state index contributed by atoms with van der Waals surface area (Å²) in [5.74, 6) is 1.17. The number of anilines is 4. The average molecular weight is 473 g/mol. The third-order valence-electron chi connectivity index (χ3n) is 5.95. The Morgan fingerprint density at radius 2 is 2.06 bits per heavy atom. The molecule has 1 aromatic carbocycles. The molecule has 0 amide bonds. The second-order valence-electron chi connectivity index (χ2n) is 9.16. The van der Waals surface area contributed by atoms with Crippen molar-refractivity contribution in [3.05, 3.63) is 83.7 Å². The fraction of sp³-hybridized carbons (Fsp3) is 0.296. The number of aliphatic hydroxyl groups is 1. The van der Waals surface area contributed by atoms with Crippen molar-refractivity contribution in [2.75, 3.05) is 30.5 Å². The Morgan fingerprint density at radius 1 is 1.23 bits per heavy atom. The van der Waals surface area contributed by atoms with Crippen LogP contribution >= 0.6 is 0 Å². The lowest BCUT2D eigenvalue weighted by Crippen LogP contribution is -2.38. The topological polar surface area (TPSA) is 93.6 Å². The van der Waals surface area contributed by atoms with Gasteiger partial charge >= 0.3 is 0 Å². The number of rotatable bonds is 9. The standard InChI is InChI=1S/C27H32N6O2/c1-5-13-32(4)33(26-8-6-7-24(31-26)27(2,3)35)23-15-25(29-17-21(23)18-34)30-22-10-9-19-11-12-28-16-20(19)14-22/h5-10,14-15,17-18,28,35H,1,11-13,16H2,2-4H3,(H,29,30). The number of hydrogen-bond acceptors (Lipinski definition) is 8. The van der Waals surface area contributed by atoms with Crippen LogP contribution in [0.5, 0.6) is 0 Å². The minimum absolute atomic E-state index is 0.413. The van der Waals surface area contributed by atoms with Crippen LogP contribution in [0.15, 0.2) is 61.3 Å². The first-order valence-electron chi connectivity index (χ1n) is 11.7. The molecule has 0 fully saturated rings. The molecule has 35 heavy (non-hydrogen) atoms. The smallest absolute Gasteiger partial charge is 0.153 e. The molecule has 0 bridgehead atoms. The van der Waals surface area contributed by atoms with E-state index in [-0.39, 0.29) is 0 Å². The van der Waals surface area contributed by atoms with Crippen molar-refractivity contribution >= 4 is 29.3 Å². The lowest BCUT2D eigenvalue weighted by atomic mass is 10.0. The molecule has 182 valence electrons. The van der Waals surface area contributed by atoms with Gasteiger partial charge in [-0.25, -0.2) is 15.0 Å². The van der Waals surface area contributed by atoms with Crippen molar-refractivity contribution in [1.82, 2.24) is 20.3 Å². The van der Waals surface area contributed by atoms with E-state index < -0.39 is 5.60 Å². The van der Waals surface area contributed by atoms with Gasteiger partial charge in [-0.15, -0.1) is 6.58 Å². The SMILES string of the molecule is C=CCN(C)N(c1cccc(C(C)(C)O)n1)c1cc(Nc2ccc3c(c2)CNCC3)ncc1C=O. The summed E-state index contributed by atoms with van der Waals surface area (Å²) in [6.07, 6.45) is 5.13. The van der Waals surface area contributed by atoms with E-state index in [9.17, 15) is 9.90 Å². The highest BCUT2D eigenvalue weighted by atomic mass is 16.3. The van der Waals surface area contributed by atoms with Crippen LogP contribution in [0, 0.1) is 0 Å². The third kappa shape index (κ3) is 5.57. The lowest BCUT2D eigenvalue weighted by molar-refractivity contribution is 0.0738. The maximum absolute atomic E-state index is 12.0. The summed E-state index contributed by atoms with van der Waals surface area (Å²) in [7, 11) is 1.89. The molecule has 4 rings (SSSR count). The fourth-order valence-corrected chi connectivity index (χ4v) is 4.14. The number of aldehydes is 1. The van der Waals surface area contributed by atoms with Gasteiger partial charge in [-0.3, -0.25) is 9.80 Å². The molecule has 0 unspecified atom stereocenters. The van der Waals surface area contributed by atoms with E-state index in [0.29, 0.717) is 35.1 Å². The maximum Gasteiger partial charge on any atom is 0.153 e. The monoisotopic (exact) mass is 472 g/mol. The van der Waals surface area contributed by atoms with Gasteiger partial charge in [0.25, 0.3) is 0 Å². The minimum atomic E-state index is -1.11. The van der Waals surface area contributed by atoms with Crippen molar-refractivity contribution in [3.63, 3.8) is 0 Å². The molecule has 0 radical (unpaired) electrons. The van der Waals surface area contributed by atoms with Crippen molar-refractivity contribution in [2.24, 2.45) is 0 Å². The molecule has 0 saturated carbocycles. The molecule has 1 aliphatic heterocycles. The van der Waals surface area contributed by atoms with Gasteiger partial charge in [0.05, 0.1) is 16.9 Å². The summed E-state index contributed by atoms with van der Waals surface area (Å²) in [4.78, 5) is 21.2. The summed E-state index contributed by atoms with van der Waals surface area (Å²) in [5.41, 5.74) is 3.99. The van der Waals surface area contributed by atoms with E-state index in [2.05, 4.69) is 40.4 Å². The predicted octanol–water partition coefficient (Wildman–Crippen LogP) is 4.08. The van der Waals surface area contributed by atoms with Crippen LogP contribution in [0.3, 0.4) is 0 Å². The van der Waals surface area contributed by atoms with Gasteiger partial charge in [0.2, 0.25) is 0 Å². The van der Waals surface area contributed by atoms with Crippen LogP contribution in [0.1, 0.15) is 41.0 Å². The van der Waals surface area contributed by atoms with Gasteiger partial charge < -0.3 is 15.7 Å². The second-order valence-corrected chi connectivity index (χ2v) is 9.16. The molecule has 3 N–H and O–H groups in total. The van der Waals surface area contributed by atoms with Crippen LogP contribution in [0.4, 0.5) is 23.0 Å². The first-order chi connectivity index (χ1) is 16.8. The molecule has 2 aromatic heterocycles. The highest BCUT2D eigenvalue weighted by Crippen LogP contribution is 2.32. The molecular weight excluding hydrogens is 440 g/mol. The molecule has 8 heteroatoms. The van der Waals surface area contributed by atoms with Crippen LogP contribution < -0.4 is 15.6 Å². The van der Waals surface area contributed by atoms with Gasteiger partial charge in [0, 0.05) is 38.1 Å². The van der Waals surface area contributed by atoms with E-state index >= 15 is 0 Å². The average Bonchev–Trinajstić information content (AvgIpc) is 2.84. The predicted molar refractivity (Wildman–Crippen MR) is 139 cm³/mol. The van der Waals surface area contributed by atoms with Crippen LogP contribution in [-0.4, -0.2) is 46.5 Å². The summed E-state index contributed by atoms with van der Waals surface area (Å²) in [5, 5.41) is 21.0. The number of hydrazine groups is 1. The number of hydrogen-bond donors (Lipinski definition) is 3. The van der Waals surface area contributed by atoms with E-state index in [0.717, 1.165) is 31.5 Å². The van der Waals surface area contributed by atoms with Crippen molar-refractivity contribution < 1.29 is 9.90 Å². The molecule has 3 heterocycles. The van der Waals surface area contributed by atoms with Crippen molar-refractivity contribution in [2.45, 2.75) is 32.4 Å². The molecule has 0 atom stereocenters.